The highest BCUT2D eigenvalue weighted by molar-refractivity contribution is 6.31. The van der Waals surface area contributed by atoms with Gasteiger partial charge >= 0.3 is 0 Å². The van der Waals surface area contributed by atoms with E-state index < -0.39 is 6.10 Å². The molecule has 3 heteroatoms. The van der Waals surface area contributed by atoms with E-state index in [-0.39, 0.29) is 5.82 Å². The first-order valence-electron chi connectivity index (χ1n) is 6.26. The Kier molecular flexibility index (Phi) is 6.53. The Balaban J connectivity index is 2.42. The highest BCUT2D eigenvalue weighted by atomic mass is 35.5. The van der Waals surface area contributed by atoms with Crippen molar-refractivity contribution >= 4 is 11.6 Å². The van der Waals surface area contributed by atoms with Gasteiger partial charge in [-0.2, -0.15) is 0 Å². The zero-order valence-electron chi connectivity index (χ0n) is 10.3. The fourth-order valence-electron chi connectivity index (χ4n) is 1.87. The van der Waals surface area contributed by atoms with Crippen LogP contribution < -0.4 is 0 Å². The number of halogens is 2. The minimum absolute atomic E-state index is 0.303. The van der Waals surface area contributed by atoms with Crippen LogP contribution in [0.3, 0.4) is 0 Å². The number of hydrogen-bond donors (Lipinski definition) is 1. The maximum atomic E-state index is 13.5. The molecule has 0 aromatic heterocycles. The summed E-state index contributed by atoms with van der Waals surface area (Å²) in [4.78, 5) is 0. The van der Waals surface area contributed by atoms with E-state index >= 15 is 0 Å². The molecular formula is C14H20ClFO. The molecule has 0 heterocycles. The number of benzene rings is 1. The topological polar surface area (TPSA) is 20.2 Å². The molecule has 1 aromatic rings. The lowest BCUT2D eigenvalue weighted by atomic mass is 10.0. The summed E-state index contributed by atoms with van der Waals surface area (Å²) >= 11 is 5.91. The van der Waals surface area contributed by atoms with Crippen LogP contribution in [0.1, 0.15) is 44.6 Å². The van der Waals surface area contributed by atoms with E-state index in [1.54, 1.807) is 12.1 Å². The summed E-state index contributed by atoms with van der Waals surface area (Å²) in [5, 5.41) is 10.2. The second-order valence-electron chi connectivity index (χ2n) is 4.41. The molecule has 1 unspecified atom stereocenters. The van der Waals surface area contributed by atoms with Crippen molar-refractivity contribution in [1.29, 1.82) is 0 Å². The van der Waals surface area contributed by atoms with E-state index in [0.717, 1.165) is 12.8 Å². The molecule has 0 bridgehead atoms. The molecule has 1 N–H and O–H groups in total. The van der Waals surface area contributed by atoms with Crippen molar-refractivity contribution in [3.05, 3.63) is 34.6 Å². The second-order valence-corrected chi connectivity index (χ2v) is 4.81. The molecule has 0 saturated carbocycles. The first-order chi connectivity index (χ1) is 8.15. The summed E-state index contributed by atoms with van der Waals surface area (Å²) in [6.07, 6.45) is 4.99. The molecule has 0 amide bonds. The van der Waals surface area contributed by atoms with Gasteiger partial charge in [-0.1, -0.05) is 50.3 Å². The lowest BCUT2D eigenvalue weighted by Gasteiger charge is -2.12. The predicted molar refractivity (Wildman–Crippen MR) is 69.9 cm³/mol. The Labute approximate surface area is 108 Å². The van der Waals surface area contributed by atoms with Gasteiger partial charge in [0.25, 0.3) is 0 Å². The number of aliphatic hydroxyl groups excluding tert-OH is 1. The van der Waals surface area contributed by atoms with Gasteiger partial charge in [-0.05, 0) is 18.6 Å². The van der Waals surface area contributed by atoms with Crippen molar-refractivity contribution in [2.75, 3.05) is 0 Å². The van der Waals surface area contributed by atoms with E-state index in [1.807, 2.05) is 0 Å². The van der Waals surface area contributed by atoms with E-state index in [2.05, 4.69) is 6.92 Å². The maximum absolute atomic E-state index is 13.5. The largest absolute Gasteiger partial charge is 0.393 e. The van der Waals surface area contributed by atoms with Gasteiger partial charge in [0.2, 0.25) is 0 Å². The normalized spacial score (nSPS) is 12.7. The Bertz CT molecular complexity index is 321. The molecule has 1 rings (SSSR count). The molecule has 0 spiro atoms. The third kappa shape index (κ3) is 5.05. The average Bonchev–Trinajstić information content (AvgIpc) is 2.30. The van der Waals surface area contributed by atoms with Crippen LogP contribution >= 0.6 is 11.6 Å². The Hall–Kier alpha value is -0.600. The third-order valence-electron chi connectivity index (χ3n) is 2.89. The van der Waals surface area contributed by atoms with Crippen molar-refractivity contribution < 1.29 is 9.50 Å². The summed E-state index contributed by atoms with van der Waals surface area (Å²) in [5.74, 6) is -0.329. The monoisotopic (exact) mass is 258 g/mol. The van der Waals surface area contributed by atoms with E-state index in [4.69, 9.17) is 11.6 Å². The molecule has 0 saturated heterocycles. The van der Waals surface area contributed by atoms with Gasteiger partial charge in [0.05, 0.1) is 6.10 Å². The second kappa shape index (κ2) is 7.67. The SMILES string of the molecule is CCCCCCC(O)Cc1c(F)cccc1Cl. The Morgan fingerprint density at radius 1 is 1.29 bits per heavy atom. The summed E-state index contributed by atoms with van der Waals surface area (Å²) in [6, 6.07) is 4.61. The number of rotatable bonds is 7. The van der Waals surface area contributed by atoms with E-state index in [0.29, 0.717) is 23.4 Å². The Morgan fingerprint density at radius 3 is 2.71 bits per heavy atom. The van der Waals surface area contributed by atoms with Crippen LogP contribution in [0, 0.1) is 5.82 Å². The molecule has 0 aliphatic carbocycles. The first kappa shape index (κ1) is 14.5. The van der Waals surface area contributed by atoms with Crippen molar-refractivity contribution in [2.45, 2.75) is 51.6 Å². The molecule has 17 heavy (non-hydrogen) atoms. The van der Waals surface area contributed by atoms with Gasteiger partial charge in [0.15, 0.2) is 0 Å². The molecular weight excluding hydrogens is 239 g/mol. The minimum Gasteiger partial charge on any atom is -0.393 e. The molecule has 0 fully saturated rings. The van der Waals surface area contributed by atoms with E-state index in [1.165, 1.54) is 18.9 Å². The maximum Gasteiger partial charge on any atom is 0.127 e. The minimum atomic E-state index is -0.499. The molecule has 0 aliphatic rings. The van der Waals surface area contributed by atoms with Crippen LogP contribution in [0.25, 0.3) is 0 Å². The summed E-state index contributed by atoms with van der Waals surface area (Å²) < 4.78 is 13.5. The number of unbranched alkanes of at least 4 members (excludes halogenated alkanes) is 3. The van der Waals surface area contributed by atoms with Crippen LogP contribution in [0.15, 0.2) is 18.2 Å². The highest BCUT2D eigenvalue weighted by Crippen LogP contribution is 2.21. The quantitative estimate of drug-likeness (QED) is 0.721. The van der Waals surface area contributed by atoms with Crippen LogP contribution in [0.2, 0.25) is 5.02 Å². The smallest absolute Gasteiger partial charge is 0.127 e. The highest BCUT2D eigenvalue weighted by Gasteiger charge is 2.12. The molecule has 1 aromatic carbocycles. The van der Waals surface area contributed by atoms with E-state index in [9.17, 15) is 9.50 Å². The zero-order valence-corrected chi connectivity index (χ0v) is 11.0. The molecule has 1 atom stereocenters. The summed E-state index contributed by atoms with van der Waals surface area (Å²) in [5.41, 5.74) is 0.428. The molecule has 0 radical (unpaired) electrons. The van der Waals surface area contributed by atoms with Gasteiger partial charge in [-0.25, -0.2) is 4.39 Å². The van der Waals surface area contributed by atoms with Crippen LogP contribution in [-0.2, 0) is 6.42 Å². The van der Waals surface area contributed by atoms with Crippen molar-refractivity contribution in [2.24, 2.45) is 0 Å². The number of hydrogen-bond acceptors (Lipinski definition) is 1. The standard InChI is InChI=1S/C14H20ClFO/c1-2-3-4-5-7-11(17)10-12-13(15)8-6-9-14(12)16/h6,8-9,11,17H,2-5,7,10H2,1H3. The summed E-state index contributed by atoms with van der Waals surface area (Å²) in [7, 11) is 0. The molecule has 1 nitrogen and oxygen atoms in total. The van der Waals surface area contributed by atoms with Gasteiger partial charge in [-0.3, -0.25) is 0 Å². The van der Waals surface area contributed by atoms with Crippen molar-refractivity contribution in [3.63, 3.8) is 0 Å². The van der Waals surface area contributed by atoms with Crippen molar-refractivity contribution in [3.8, 4) is 0 Å². The van der Waals surface area contributed by atoms with Crippen LogP contribution in [0.5, 0.6) is 0 Å². The van der Waals surface area contributed by atoms with Crippen LogP contribution in [0.4, 0.5) is 4.39 Å². The fraction of sp³-hybridized carbons (Fsp3) is 0.571. The van der Waals surface area contributed by atoms with Crippen molar-refractivity contribution in [1.82, 2.24) is 0 Å². The van der Waals surface area contributed by atoms with Crippen LogP contribution in [-0.4, -0.2) is 11.2 Å². The predicted octanol–water partition coefficient (Wildman–Crippen LogP) is 4.35. The lowest BCUT2D eigenvalue weighted by Crippen LogP contribution is -2.11. The summed E-state index contributed by atoms with van der Waals surface area (Å²) in [6.45, 7) is 2.15. The Morgan fingerprint density at radius 2 is 2.06 bits per heavy atom. The van der Waals surface area contributed by atoms with Gasteiger partial charge < -0.3 is 5.11 Å². The average molecular weight is 259 g/mol. The number of aliphatic hydroxyl groups is 1. The van der Waals surface area contributed by atoms with Gasteiger partial charge in [0, 0.05) is 17.0 Å². The first-order valence-corrected chi connectivity index (χ1v) is 6.64. The lowest BCUT2D eigenvalue weighted by molar-refractivity contribution is 0.160. The third-order valence-corrected chi connectivity index (χ3v) is 3.25. The molecule has 0 aliphatic heterocycles. The van der Waals surface area contributed by atoms with Gasteiger partial charge in [-0.15, -0.1) is 0 Å². The molecule has 96 valence electrons. The van der Waals surface area contributed by atoms with Gasteiger partial charge in [0.1, 0.15) is 5.82 Å². The fourth-order valence-corrected chi connectivity index (χ4v) is 2.11. The zero-order chi connectivity index (χ0) is 12.7.